The molecule has 0 radical (unpaired) electrons. The molecule has 2 aliphatic rings. The fraction of sp³-hybridized carbons (Fsp3) is 0.429. The number of hydrogen-bond donors (Lipinski definition) is 0. The number of likely N-dealkylation sites (tertiary alicyclic amines) is 1. The molecule has 1 unspecified atom stereocenters. The molecule has 150 valence electrons. The molecule has 0 N–H and O–H groups in total. The predicted octanol–water partition coefficient (Wildman–Crippen LogP) is 3.78. The summed E-state index contributed by atoms with van der Waals surface area (Å²) >= 11 is 0. The number of benzene rings is 1. The minimum atomic E-state index is -0.317. The Morgan fingerprint density at radius 1 is 1.10 bits per heavy atom. The third-order valence-electron chi connectivity index (χ3n) is 5.81. The Kier molecular flexibility index (Phi) is 4.61. The first kappa shape index (κ1) is 18.0. The zero-order chi connectivity index (χ0) is 19.8. The van der Waals surface area contributed by atoms with Crippen LogP contribution in [0, 0.1) is 5.82 Å². The number of fused-ring (bicyclic) bond motifs is 1. The van der Waals surface area contributed by atoms with Crippen LogP contribution >= 0.6 is 0 Å². The zero-order valence-corrected chi connectivity index (χ0v) is 16.1. The van der Waals surface area contributed by atoms with Crippen molar-refractivity contribution in [3.05, 3.63) is 53.4 Å². The average molecular weight is 395 g/mol. The number of carbonyl (C=O) groups is 1. The normalized spacial score (nSPS) is 19.2. The molecule has 1 saturated heterocycles. The van der Waals surface area contributed by atoms with Gasteiger partial charge in [0.25, 0.3) is 11.8 Å². The Bertz CT molecular complexity index is 1030. The molecule has 0 bridgehead atoms. The lowest BCUT2D eigenvalue weighted by Crippen LogP contribution is -2.35. The highest BCUT2D eigenvalue weighted by Crippen LogP contribution is 2.32. The molecule has 4 heterocycles. The van der Waals surface area contributed by atoms with Crippen LogP contribution in [0.15, 0.2) is 35.0 Å². The fourth-order valence-electron chi connectivity index (χ4n) is 4.30. The molecule has 1 fully saturated rings. The van der Waals surface area contributed by atoms with Crippen LogP contribution < -0.4 is 0 Å². The SMILES string of the molecule is O=C(c1cnn2c1CCC2)N1CCCCCC1c1noc(-c2ccc(F)cc2)n1. The second-order valence-electron chi connectivity index (χ2n) is 7.66. The van der Waals surface area contributed by atoms with Crippen molar-refractivity contribution in [2.45, 2.75) is 51.1 Å². The molecule has 5 rings (SSSR count). The lowest BCUT2D eigenvalue weighted by Gasteiger charge is -2.27. The van der Waals surface area contributed by atoms with Crippen molar-refractivity contribution >= 4 is 5.91 Å². The number of amides is 1. The second kappa shape index (κ2) is 7.42. The van der Waals surface area contributed by atoms with Gasteiger partial charge in [-0.15, -0.1) is 0 Å². The van der Waals surface area contributed by atoms with E-state index in [0.717, 1.165) is 50.8 Å². The van der Waals surface area contributed by atoms with Gasteiger partial charge in [0, 0.05) is 18.7 Å². The first-order valence-corrected chi connectivity index (χ1v) is 10.2. The highest BCUT2D eigenvalue weighted by Gasteiger charge is 2.33. The summed E-state index contributed by atoms with van der Waals surface area (Å²) in [5.74, 6) is 0.516. The highest BCUT2D eigenvalue weighted by atomic mass is 19.1. The van der Waals surface area contributed by atoms with Gasteiger partial charge in [-0.25, -0.2) is 4.39 Å². The van der Waals surface area contributed by atoms with Gasteiger partial charge in [0.2, 0.25) is 0 Å². The van der Waals surface area contributed by atoms with E-state index < -0.39 is 0 Å². The summed E-state index contributed by atoms with van der Waals surface area (Å²) < 4.78 is 20.6. The summed E-state index contributed by atoms with van der Waals surface area (Å²) in [5, 5.41) is 8.55. The van der Waals surface area contributed by atoms with Gasteiger partial charge in [-0.2, -0.15) is 10.1 Å². The Hall–Kier alpha value is -3.03. The number of halogens is 1. The van der Waals surface area contributed by atoms with E-state index in [4.69, 9.17) is 4.52 Å². The van der Waals surface area contributed by atoms with Crippen molar-refractivity contribution in [1.29, 1.82) is 0 Å². The van der Waals surface area contributed by atoms with Crippen LogP contribution in [-0.4, -0.2) is 37.3 Å². The Morgan fingerprint density at radius 3 is 2.83 bits per heavy atom. The van der Waals surface area contributed by atoms with Crippen LogP contribution in [0.2, 0.25) is 0 Å². The van der Waals surface area contributed by atoms with Crippen molar-refractivity contribution in [3.63, 3.8) is 0 Å². The van der Waals surface area contributed by atoms with Crippen molar-refractivity contribution in [2.75, 3.05) is 6.54 Å². The smallest absolute Gasteiger partial charge is 0.258 e. The van der Waals surface area contributed by atoms with Gasteiger partial charge in [-0.1, -0.05) is 18.0 Å². The standard InChI is InChI=1S/C21H22FN5O2/c22-15-9-7-14(8-10-15)20-24-19(25-29-20)18-5-2-1-3-11-26(18)21(28)16-13-23-27-12-4-6-17(16)27/h7-10,13,18H,1-6,11-12H2. The third-order valence-corrected chi connectivity index (χ3v) is 5.81. The van der Waals surface area contributed by atoms with E-state index in [-0.39, 0.29) is 17.8 Å². The average Bonchev–Trinajstić information content (AvgIpc) is 3.42. The van der Waals surface area contributed by atoms with Gasteiger partial charge in [-0.3, -0.25) is 9.48 Å². The monoisotopic (exact) mass is 395 g/mol. The molecule has 1 atom stereocenters. The van der Waals surface area contributed by atoms with Crippen LogP contribution in [0.5, 0.6) is 0 Å². The molecule has 2 aromatic heterocycles. The minimum absolute atomic E-state index is 0.00631. The van der Waals surface area contributed by atoms with Crippen LogP contribution in [0.1, 0.15) is 60.0 Å². The molecule has 29 heavy (non-hydrogen) atoms. The molecule has 8 heteroatoms. The van der Waals surface area contributed by atoms with Gasteiger partial charge in [0.15, 0.2) is 5.82 Å². The topological polar surface area (TPSA) is 77.0 Å². The Morgan fingerprint density at radius 2 is 1.97 bits per heavy atom. The molecule has 0 saturated carbocycles. The first-order valence-electron chi connectivity index (χ1n) is 10.2. The molecule has 1 amide bonds. The summed E-state index contributed by atoms with van der Waals surface area (Å²) in [6, 6.07) is 5.71. The number of aromatic nitrogens is 4. The molecule has 2 aliphatic heterocycles. The van der Waals surface area contributed by atoms with E-state index in [1.807, 2.05) is 9.58 Å². The number of hydrogen-bond acceptors (Lipinski definition) is 5. The number of nitrogens with zero attached hydrogens (tertiary/aromatic N) is 5. The number of carbonyl (C=O) groups excluding carboxylic acids is 1. The van der Waals surface area contributed by atoms with E-state index in [0.29, 0.717) is 29.4 Å². The predicted molar refractivity (Wildman–Crippen MR) is 102 cm³/mol. The summed E-state index contributed by atoms with van der Waals surface area (Å²) in [5.41, 5.74) is 2.38. The molecule has 3 aromatic rings. The van der Waals surface area contributed by atoms with Gasteiger partial charge in [-0.05, 0) is 49.9 Å². The minimum Gasteiger partial charge on any atom is -0.334 e. The van der Waals surface area contributed by atoms with E-state index in [9.17, 15) is 9.18 Å². The van der Waals surface area contributed by atoms with E-state index in [1.165, 1.54) is 12.1 Å². The first-order chi connectivity index (χ1) is 14.2. The van der Waals surface area contributed by atoms with Crippen LogP contribution in [0.3, 0.4) is 0 Å². The van der Waals surface area contributed by atoms with Crippen molar-refractivity contribution in [2.24, 2.45) is 0 Å². The second-order valence-corrected chi connectivity index (χ2v) is 7.66. The summed E-state index contributed by atoms with van der Waals surface area (Å²) in [6.45, 7) is 1.53. The maximum atomic E-state index is 13.4. The molecule has 1 aromatic carbocycles. The van der Waals surface area contributed by atoms with Crippen LogP contribution in [-0.2, 0) is 13.0 Å². The molecule has 7 nitrogen and oxygen atoms in total. The largest absolute Gasteiger partial charge is 0.334 e. The van der Waals surface area contributed by atoms with Gasteiger partial charge in [0.05, 0.1) is 23.5 Å². The quantitative estimate of drug-likeness (QED) is 0.675. The molecular formula is C21H22FN5O2. The van der Waals surface area contributed by atoms with Gasteiger partial charge in [0.1, 0.15) is 5.82 Å². The zero-order valence-electron chi connectivity index (χ0n) is 16.1. The summed E-state index contributed by atoms with van der Waals surface area (Å²) in [6.07, 6.45) is 7.41. The van der Waals surface area contributed by atoms with E-state index in [1.54, 1.807) is 18.3 Å². The van der Waals surface area contributed by atoms with E-state index >= 15 is 0 Å². The van der Waals surface area contributed by atoms with Crippen molar-refractivity contribution in [1.82, 2.24) is 24.8 Å². The molecule has 0 spiro atoms. The lowest BCUT2D eigenvalue weighted by atomic mass is 10.1. The number of aryl methyl sites for hydroxylation is 1. The number of rotatable bonds is 3. The highest BCUT2D eigenvalue weighted by molar-refractivity contribution is 5.95. The fourth-order valence-corrected chi connectivity index (χ4v) is 4.30. The van der Waals surface area contributed by atoms with E-state index in [2.05, 4.69) is 15.2 Å². The summed E-state index contributed by atoms with van der Waals surface area (Å²) in [4.78, 5) is 19.8. The van der Waals surface area contributed by atoms with Crippen molar-refractivity contribution in [3.8, 4) is 11.5 Å². The van der Waals surface area contributed by atoms with Gasteiger partial charge >= 0.3 is 0 Å². The third kappa shape index (κ3) is 3.32. The van der Waals surface area contributed by atoms with Crippen molar-refractivity contribution < 1.29 is 13.7 Å². The van der Waals surface area contributed by atoms with Crippen LogP contribution in [0.4, 0.5) is 4.39 Å². The van der Waals surface area contributed by atoms with Gasteiger partial charge < -0.3 is 9.42 Å². The maximum absolute atomic E-state index is 13.4. The lowest BCUT2D eigenvalue weighted by molar-refractivity contribution is 0.0669. The maximum Gasteiger partial charge on any atom is 0.258 e. The molecular weight excluding hydrogens is 373 g/mol. The molecule has 0 aliphatic carbocycles. The Balaban J connectivity index is 1.45. The Labute approximate surface area is 167 Å². The van der Waals surface area contributed by atoms with Crippen LogP contribution in [0.25, 0.3) is 11.5 Å². The summed E-state index contributed by atoms with van der Waals surface area (Å²) in [7, 11) is 0.